The van der Waals surface area contributed by atoms with E-state index in [4.69, 9.17) is 4.74 Å². The molecule has 0 aliphatic heterocycles. The molecule has 130 valence electrons. The molecule has 0 aliphatic carbocycles. The minimum absolute atomic E-state index is 0.139. The van der Waals surface area contributed by atoms with E-state index in [-0.39, 0.29) is 5.57 Å². The molecule has 0 aromatic heterocycles. The number of hydrogen-bond donors (Lipinski definition) is 1. The molecule has 0 saturated heterocycles. The van der Waals surface area contributed by atoms with E-state index in [9.17, 15) is 14.7 Å². The van der Waals surface area contributed by atoms with Crippen LogP contribution in [0.1, 0.15) is 38.3 Å². The third-order valence-corrected chi connectivity index (χ3v) is 3.40. The maximum atomic E-state index is 12.7. The summed E-state index contributed by atoms with van der Waals surface area (Å²) in [4.78, 5) is 24.1. The molecule has 0 spiro atoms. The highest BCUT2D eigenvalue weighted by Crippen LogP contribution is 2.30. The quantitative estimate of drug-likeness (QED) is 0.652. The fourth-order valence-electron chi connectivity index (χ4n) is 2.48. The highest BCUT2D eigenvalue weighted by atomic mass is 16.6. The van der Waals surface area contributed by atoms with Gasteiger partial charge in [0.1, 0.15) is 5.60 Å². The average Bonchev–Trinajstić information content (AvgIpc) is 2.54. The molecule has 0 unspecified atom stereocenters. The van der Waals surface area contributed by atoms with Crippen molar-refractivity contribution in [2.75, 3.05) is 0 Å². The maximum absolute atomic E-state index is 12.7. The molecule has 2 rings (SSSR count). The van der Waals surface area contributed by atoms with Gasteiger partial charge in [0.15, 0.2) is 0 Å². The molecule has 4 nitrogen and oxygen atoms in total. The lowest BCUT2D eigenvalue weighted by molar-refractivity contribution is -0.151. The molecular formula is C21H22O4. The largest absolute Gasteiger partial charge is 0.481 e. The zero-order valence-corrected chi connectivity index (χ0v) is 14.7. The summed E-state index contributed by atoms with van der Waals surface area (Å²) in [5.74, 6) is -1.69. The van der Waals surface area contributed by atoms with E-state index in [1.165, 1.54) is 0 Å². The van der Waals surface area contributed by atoms with Gasteiger partial charge in [-0.2, -0.15) is 0 Å². The molecule has 0 bridgehead atoms. The Morgan fingerprint density at radius 2 is 1.32 bits per heavy atom. The molecule has 0 saturated carbocycles. The van der Waals surface area contributed by atoms with Gasteiger partial charge in [-0.15, -0.1) is 0 Å². The van der Waals surface area contributed by atoms with Gasteiger partial charge in [-0.25, -0.2) is 4.79 Å². The summed E-state index contributed by atoms with van der Waals surface area (Å²) in [6.45, 7) is 5.27. The van der Waals surface area contributed by atoms with Crippen molar-refractivity contribution in [2.24, 2.45) is 0 Å². The molecule has 4 heteroatoms. The number of carbonyl (C=O) groups is 2. The third kappa shape index (κ3) is 5.31. The van der Waals surface area contributed by atoms with Crippen molar-refractivity contribution in [3.05, 3.63) is 77.4 Å². The van der Waals surface area contributed by atoms with Crippen molar-refractivity contribution in [3.63, 3.8) is 0 Å². The average molecular weight is 338 g/mol. The maximum Gasteiger partial charge on any atom is 0.335 e. The zero-order chi connectivity index (χ0) is 18.4. The van der Waals surface area contributed by atoms with Gasteiger partial charge in [-0.3, -0.25) is 4.79 Å². The predicted octanol–water partition coefficient (Wildman–Crippen LogP) is 4.30. The SMILES string of the molecule is CC(C)(C)OC(=O)C(CC(=O)O)=C(c1ccccc1)c1ccccc1. The molecule has 2 aromatic rings. The number of esters is 1. The lowest BCUT2D eigenvalue weighted by atomic mass is 9.91. The highest BCUT2D eigenvalue weighted by molar-refractivity contribution is 6.04. The monoisotopic (exact) mass is 338 g/mol. The predicted molar refractivity (Wildman–Crippen MR) is 97.0 cm³/mol. The van der Waals surface area contributed by atoms with Gasteiger partial charge in [0, 0.05) is 0 Å². The van der Waals surface area contributed by atoms with Crippen LogP contribution in [0.3, 0.4) is 0 Å². The Morgan fingerprint density at radius 1 is 0.880 bits per heavy atom. The summed E-state index contributed by atoms with van der Waals surface area (Å²) in [5.41, 5.74) is 1.56. The smallest absolute Gasteiger partial charge is 0.335 e. The van der Waals surface area contributed by atoms with Crippen molar-refractivity contribution in [1.29, 1.82) is 0 Å². The lowest BCUT2D eigenvalue weighted by Gasteiger charge is -2.22. The van der Waals surface area contributed by atoms with Gasteiger partial charge in [-0.1, -0.05) is 60.7 Å². The molecule has 0 atom stereocenters. The van der Waals surface area contributed by atoms with Crippen LogP contribution in [-0.4, -0.2) is 22.6 Å². The number of benzene rings is 2. The Bertz CT molecular complexity index is 727. The number of carboxylic acid groups (broad SMARTS) is 1. The van der Waals surface area contributed by atoms with E-state index in [0.717, 1.165) is 11.1 Å². The first-order chi connectivity index (χ1) is 11.8. The first-order valence-electron chi connectivity index (χ1n) is 8.07. The van der Waals surface area contributed by atoms with Gasteiger partial charge in [-0.05, 0) is 37.5 Å². The van der Waals surface area contributed by atoms with Crippen LogP contribution in [0.2, 0.25) is 0 Å². The third-order valence-electron chi connectivity index (χ3n) is 3.40. The lowest BCUT2D eigenvalue weighted by Crippen LogP contribution is -2.26. The normalized spacial score (nSPS) is 10.8. The second-order valence-electron chi connectivity index (χ2n) is 6.66. The molecule has 1 N–H and O–H groups in total. The van der Waals surface area contributed by atoms with Crippen LogP contribution in [0.25, 0.3) is 5.57 Å². The summed E-state index contributed by atoms with van der Waals surface area (Å²) in [6.07, 6.45) is -0.409. The molecule has 2 aromatic carbocycles. The van der Waals surface area contributed by atoms with Gasteiger partial charge in [0.25, 0.3) is 0 Å². The van der Waals surface area contributed by atoms with Crippen LogP contribution in [-0.2, 0) is 14.3 Å². The fraction of sp³-hybridized carbons (Fsp3) is 0.238. The number of carbonyl (C=O) groups excluding carboxylic acids is 1. The Balaban J connectivity index is 2.68. The van der Waals surface area contributed by atoms with Crippen molar-refractivity contribution in [3.8, 4) is 0 Å². The van der Waals surface area contributed by atoms with E-state index in [1.54, 1.807) is 20.8 Å². The van der Waals surface area contributed by atoms with E-state index < -0.39 is 24.0 Å². The molecule has 0 fully saturated rings. The number of rotatable bonds is 5. The summed E-state index contributed by atoms with van der Waals surface area (Å²) >= 11 is 0. The first-order valence-corrected chi connectivity index (χ1v) is 8.07. The van der Waals surface area contributed by atoms with Gasteiger partial charge < -0.3 is 9.84 Å². The summed E-state index contributed by atoms with van der Waals surface area (Å²) in [5, 5.41) is 9.33. The first kappa shape index (κ1) is 18.5. The summed E-state index contributed by atoms with van der Waals surface area (Å²) < 4.78 is 5.46. The zero-order valence-electron chi connectivity index (χ0n) is 14.7. The van der Waals surface area contributed by atoms with Gasteiger partial charge in [0.05, 0.1) is 12.0 Å². The highest BCUT2D eigenvalue weighted by Gasteiger charge is 2.26. The molecular weight excluding hydrogens is 316 g/mol. The summed E-state index contributed by atoms with van der Waals surface area (Å²) in [7, 11) is 0. The molecule has 25 heavy (non-hydrogen) atoms. The Labute approximate surface area is 147 Å². The van der Waals surface area contributed by atoms with Crippen LogP contribution in [0.5, 0.6) is 0 Å². The van der Waals surface area contributed by atoms with Crippen LogP contribution in [0.4, 0.5) is 0 Å². The molecule has 0 aliphatic rings. The van der Waals surface area contributed by atoms with Crippen LogP contribution < -0.4 is 0 Å². The van der Waals surface area contributed by atoms with Crippen molar-refractivity contribution in [1.82, 2.24) is 0 Å². The minimum Gasteiger partial charge on any atom is -0.481 e. The topological polar surface area (TPSA) is 63.6 Å². The Hall–Kier alpha value is -2.88. The number of ether oxygens (including phenoxy) is 1. The van der Waals surface area contributed by atoms with Gasteiger partial charge >= 0.3 is 11.9 Å². The number of carboxylic acids is 1. The van der Waals surface area contributed by atoms with E-state index in [2.05, 4.69) is 0 Å². The Morgan fingerprint density at radius 3 is 1.68 bits per heavy atom. The van der Waals surface area contributed by atoms with Gasteiger partial charge in [0.2, 0.25) is 0 Å². The van der Waals surface area contributed by atoms with Crippen LogP contribution in [0, 0.1) is 0 Å². The van der Waals surface area contributed by atoms with E-state index in [1.807, 2.05) is 60.7 Å². The number of aliphatic carboxylic acids is 1. The van der Waals surface area contributed by atoms with Crippen LogP contribution in [0.15, 0.2) is 66.2 Å². The van der Waals surface area contributed by atoms with Crippen molar-refractivity contribution < 1.29 is 19.4 Å². The van der Waals surface area contributed by atoms with Crippen molar-refractivity contribution >= 4 is 17.5 Å². The number of hydrogen-bond acceptors (Lipinski definition) is 3. The molecule has 0 amide bonds. The fourth-order valence-corrected chi connectivity index (χ4v) is 2.48. The Kier molecular flexibility index (Phi) is 5.75. The minimum atomic E-state index is -1.08. The van der Waals surface area contributed by atoms with Crippen molar-refractivity contribution in [2.45, 2.75) is 32.8 Å². The molecule has 0 heterocycles. The standard InChI is InChI=1S/C21H22O4/c1-21(2,3)25-20(24)17(14-18(22)23)19(15-10-6-4-7-11-15)16-12-8-5-9-13-16/h4-13H,14H2,1-3H3,(H,22,23). The summed E-state index contributed by atoms with van der Waals surface area (Å²) in [6, 6.07) is 18.6. The second kappa shape index (κ2) is 7.79. The van der Waals surface area contributed by atoms with E-state index >= 15 is 0 Å². The van der Waals surface area contributed by atoms with Crippen LogP contribution >= 0.6 is 0 Å². The second-order valence-corrected chi connectivity index (χ2v) is 6.66. The molecule has 0 radical (unpaired) electrons. The van der Waals surface area contributed by atoms with E-state index in [0.29, 0.717) is 5.57 Å².